The van der Waals surface area contributed by atoms with Gasteiger partial charge >= 0.3 is 0 Å². The van der Waals surface area contributed by atoms with Crippen molar-refractivity contribution in [3.8, 4) is 0 Å². The first-order chi connectivity index (χ1) is 4.35. The molecule has 0 aliphatic carbocycles. The predicted octanol–water partition coefficient (Wildman–Crippen LogP) is 1.53. The molecule has 0 fully saturated rings. The van der Waals surface area contributed by atoms with Crippen LogP contribution in [0.25, 0.3) is 0 Å². The lowest BCUT2D eigenvalue weighted by atomic mass is 9.42. The maximum Gasteiger partial charge on any atom is 0.105 e. The fourth-order valence-electron chi connectivity index (χ4n) is 0.966. The van der Waals surface area contributed by atoms with Crippen molar-refractivity contribution in [1.29, 1.82) is 0 Å². The lowest BCUT2D eigenvalue weighted by Gasteiger charge is -2.10. The Hall–Kier alpha value is 0.195. The van der Waals surface area contributed by atoms with Gasteiger partial charge in [-0.05, 0) is 0 Å². The van der Waals surface area contributed by atoms with Gasteiger partial charge in [-0.2, -0.15) is 0 Å². The first kappa shape index (κ1) is 9.19. The summed E-state index contributed by atoms with van der Waals surface area (Å²) in [5.41, 5.74) is 0. The van der Waals surface area contributed by atoms with Gasteiger partial charge in [0.2, 0.25) is 0 Å². The molecule has 0 aromatic rings. The van der Waals surface area contributed by atoms with Crippen LogP contribution in [0.1, 0.15) is 19.8 Å². The average Bonchev–Trinajstić information content (AvgIpc) is 1.88. The molecule has 0 bridgehead atoms. The van der Waals surface area contributed by atoms with Crippen LogP contribution < -0.4 is 0 Å². The molecule has 4 radical (unpaired) electrons. The van der Waals surface area contributed by atoms with E-state index in [0.717, 1.165) is 6.32 Å². The van der Waals surface area contributed by atoms with E-state index in [1.165, 1.54) is 12.8 Å². The van der Waals surface area contributed by atoms with Crippen LogP contribution in [0.15, 0.2) is 0 Å². The van der Waals surface area contributed by atoms with E-state index in [9.17, 15) is 0 Å². The van der Waals surface area contributed by atoms with Crippen LogP contribution in [-0.2, 0) is 0 Å². The second-order valence-corrected chi connectivity index (χ2v) is 2.39. The summed E-state index contributed by atoms with van der Waals surface area (Å²) in [6, 6.07) is 0. The quantitative estimate of drug-likeness (QED) is 0.479. The van der Waals surface area contributed by atoms with Crippen molar-refractivity contribution in [2.45, 2.75) is 38.7 Å². The summed E-state index contributed by atoms with van der Waals surface area (Å²) >= 11 is 0. The summed E-state index contributed by atoms with van der Waals surface area (Å²) in [7, 11) is 9.38. The zero-order valence-corrected chi connectivity index (χ0v) is 6.43. The Morgan fingerprint density at radius 3 is 2.56 bits per heavy atom. The normalized spacial score (nSPS) is 12.7. The molecule has 0 amide bonds. The van der Waals surface area contributed by atoms with Gasteiger partial charge in [0.15, 0.2) is 0 Å². The first-order valence-electron chi connectivity index (χ1n) is 3.68. The van der Waals surface area contributed by atoms with Gasteiger partial charge in [0.05, 0.1) is 7.17 Å². The minimum absolute atomic E-state index is 0.611. The molecule has 0 saturated carbocycles. The third-order valence-corrected chi connectivity index (χ3v) is 1.47. The van der Waals surface area contributed by atoms with Crippen LogP contribution in [0, 0.1) is 0 Å². The molecule has 0 rings (SSSR count). The molecule has 9 heavy (non-hydrogen) atoms. The van der Waals surface area contributed by atoms with Crippen molar-refractivity contribution in [1.82, 2.24) is 0 Å². The molecule has 1 atom stereocenters. The minimum atomic E-state index is 0.611. The van der Waals surface area contributed by atoms with Crippen molar-refractivity contribution >= 4 is 22.2 Å². The highest BCUT2D eigenvalue weighted by Gasteiger charge is 2.02. The zero-order chi connectivity index (χ0) is 7.11. The standard InChI is InChI=1S/C6H13B3/c1-3-4-6(9-7)5-8-2/h6H,3-5H2,1-2H3. The van der Waals surface area contributed by atoms with Gasteiger partial charge < -0.3 is 0 Å². The van der Waals surface area contributed by atoms with E-state index in [2.05, 4.69) is 21.0 Å². The van der Waals surface area contributed by atoms with E-state index >= 15 is 0 Å². The molecule has 0 saturated heterocycles. The highest BCUT2D eigenvalue weighted by atomic mass is 13.9. The predicted molar refractivity (Wildman–Crippen MR) is 46.6 cm³/mol. The van der Waals surface area contributed by atoms with Gasteiger partial charge in [0.25, 0.3) is 0 Å². The van der Waals surface area contributed by atoms with E-state index < -0.39 is 0 Å². The molecule has 0 aromatic heterocycles. The van der Waals surface area contributed by atoms with Gasteiger partial charge in [-0.25, -0.2) is 0 Å². The first-order valence-corrected chi connectivity index (χ1v) is 3.68. The fraction of sp³-hybridized carbons (Fsp3) is 1.00. The summed E-state index contributed by atoms with van der Waals surface area (Å²) in [4.78, 5) is 0. The van der Waals surface area contributed by atoms with Crippen LogP contribution in [-0.4, -0.2) is 22.2 Å². The lowest BCUT2D eigenvalue weighted by molar-refractivity contribution is 0.764. The topological polar surface area (TPSA) is 0 Å². The van der Waals surface area contributed by atoms with Gasteiger partial charge in [0, 0.05) is 7.74 Å². The Kier molecular flexibility index (Phi) is 6.45. The van der Waals surface area contributed by atoms with Crippen LogP contribution >= 0.6 is 0 Å². The summed E-state index contributed by atoms with van der Waals surface area (Å²) in [5.74, 6) is 0.611. The molecular formula is C6H13B3. The maximum absolute atomic E-state index is 5.40. The molecule has 0 aliphatic heterocycles. The van der Waals surface area contributed by atoms with Gasteiger partial charge in [-0.3, -0.25) is 0 Å². The molecular weight excluding hydrogens is 105 g/mol. The Labute approximate surface area is 61.7 Å². The molecule has 3 heteroatoms. The van der Waals surface area contributed by atoms with Crippen molar-refractivity contribution in [3.05, 3.63) is 0 Å². The largest absolute Gasteiger partial charge is 0.105 e. The van der Waals surface area contributed by atoms with Crippen molar-refractivity contribution in [3.63, 3.8) is 0 Å². The monoisotopic (exact) mass is 118 g/mol. The highest BCUT2D eigenvalue weighted by molar-refractivity contribution is 6.90. The third kappa shape index (κ3) is 4.68. The minimum Gasteiger partial charge on any atom is -0.0920 e. The van der Waals surface area contributed by atoms with E-state index in [1.54, 1.807) is 0 Å². The molecule has 0 N–H and O–H groups in total. The van der Waals surface area contributed by atoms with E-state index in [1.807, 2.05) is 7.17 Å². The zero-order valence-electron chi connectivity index (χ0n) is 6.43. The number of hydrogen-bond acceptors (Lipinski definition) is 0. The Bertz CT molecular complexity index is 50.3. The molecule has 0 heterocycles. The summed E-state index contributed by atoms with van der Waals surface area (Å²) in [6.45, 7) is 4.26. The second kappa shape index (κ2) is 6.32. The van der Waals surface area contributed by atoms with E-state index in [4.69, 9.17) is 7.74 Å². The van der Waals surface area contributed by atoms with Crippen molar-refractivity contribution in [2.75, 3.05) is 0 Å². The van der Waals surface area contributed by atoms with Crippen LogP contribution in [0.2, 0.25) is 19.0 Å². The molecule has 1 unspecified atom stereocenters. The van der Waals surface area contributed by atoms with Gasteiger partial charge in [-0.15, -0.1) is 0 Å². The van der Waals surface area contributed by atoms with Crippen molar-refractivity contribution < 1.29 is 0 Å². The Morgan fingerprint density at radius 2 is 2.22 bits per heavy atom. The second-order valence-electron chi connectivity index (χ2n) is 2.39. The van der Waals surface area contributed by atoms with Crippen LogP contribution in [0.3, 0.4) is 0 Å². The Balaban J connectivity index is 3.18. The molecule has 0 spiro atoms. The average molecular weight is 118 g/mol. The molecule has 46 valence electrons. The summed E-state index contributed by atoms with van der Waals surface area (Å²) < 4.78 is 0. The highest BCUT2D eigenvalue weighted by Crippen LogP contribution is 2.14. The van der Waals surface area contributed by atoms with E-state index in [0.29, 0.717) is 5.82 Å². The van der Waals surface area contributed by atoms with Crippen molar-refractivity contribution in [2.24, 2.45) is 0 Å². The molecule has 0 aliphatic rings. The molecule has 0 nitrogen and oxygen atoms in total. The lowest BCUT2D eigenvalue weighted by Crippen LogP contribution is -2.04. The summed E-state index contributed by atoms with van der Waals surface area (Å²) in [5, 5.41) is 0. The SMILES string of the molecule is [B][B]C(C[B]C)CCC. The van der Waals surface area contributed by atoms with Gasteiger partial charge in [0.1, 0.15) is 7.28 Å². The third-order valence-electron chi connectivity index (χ3n) is 1.47. The smallest absolute Gasteiger partial charge is 0.0920 e. The van der Waals surface area contributed by atoms with E-state index in [-0.39, 0.29) is 0 Å². The Morgan fingerprint density at radius 1 is 1.56 bits per heavy atom. The number of rotatable bonds is 5. The number of hydrogen-bond donors (Lipinski definition) is 0. The molecule has 0 aromatic carbocycles. The summed E-state index contributed by atoms with van der Waals surface area (Å²) in [6.07, 6.45) is 3.58. The fourth-order valence-corrected chi connectivity index (χ4v) is 0.966. The van der Waals surface area contributed by atoms with Gasteiger partial charge in [-0.1, -0.05) is 38.7 Å². The van der Waals surface area contributed by atoms with Crippen LogP contribution in [0.4, 0.5) is 0 Å². The maximum atomic E-state index is 5.40. The van der Waals surface area contributed by atoms with Crippen LogP contribution in [0.5, 0.6) is 0 Å².